The summed E-state index contributed by atoms with van der Waals surface area (Å²) in [5.41, 5.74) is 1.04. The van der Waals surface area contributed by atoms with Gasteiger partial charge in [0.25, 0.3) is 0 Å². The lowest BCUT2D eigenvalue weighted by molar-refractivity contribution is -0.274. The fourth-order valence-corrected chi connectivity index (χ4v) is 4.39. The van der Waals surface area contributed by atoms with Gasteiger partial charge in [0.05, 0.1) is 43.6 Å². The van der Waals surface area contributed by atoms with Crippen molar-refractivity contribution in [2.45, 2.75) is 38.7 Å². The van der Waals surface area contributed by atoms with Crippen LogP contribution in [0.4, 0.5) is 29.1 Å². The Morgan fingerprint density at radius 3 is 2.68 bits per heavy atom. The summed E-state index contributed by atoms with van der Waals surface area (Å²) in [6.07, 6.45) is -3.17. The summed E-state index contributed by atoms with van der Waals surface area (Å²) in [5.74, 6) is -1.02. The largest absolute Gasteiger partial charge is 0.573 e. The van der Waals surface area contributed by atoms with E-state index in [2.05, 4.69) is 27.4 Å². The summed E-state index contributed by atoms with van der Waals surface area (Å²) in [5, 5.41) is 9.30. The number of carbonyl (C=O) groups excluding carboxylic acids is 1. The summed E-state index contributed by atoms with van der Waals surface area (Å²) >= 11 is 0. The van der Waals surface area contributed by atoms with Gasteiger partial charge in [-0.1, -0.05) is 13.5 Å². The fraction of sp³-hybridized carbons (Fsp3) is 0.440. The number of hydrogen-bond donors (Lipinski definition) is 0. The van der Waals surface area contributed by atoms with Gasteiger partial charge < -0.3 is 24.2 Å². The zero-order chi connectivity index (χ0) is 28.0. The van der Waals surface area contributed by atoms with Crippen LogP contribution in [0.1, 0.15) is 24.6 Å². The van der Waals surface area contributed by atoms with Crippen molar-refractivity contribution in [1.29, 1.82) is 5.26 Å². The normalized spacial score (nSPS) is 15.6. The maximum atomic E-state index is 14.0. The second kappa shape index (κ2) is 12.0. The van der Waals surface area contributed by atoms with E-state index >= 15 is 0 Å². The molecule has 3 rings (SSSR count). The first kappa shape index (κ1) is 28.5. The van der Waals surface area contributed by atoms with Crippen molar-refractivity contribution in [2.75, 3.05) is 43.6 Å². The molecule has 1 aliphatic rings. The number of aromatic nitrogens is 2. The number of carbonyl (C=O) groups is 1. The lowest BCUT2D eigenvalue weighted by Gasteiger charge is -2.41. The minimum Gasteiger partial charge on any atom is -0.467 e. The highest BCUT2D eigenvalue weighted by molar-refractivity contribution is 5.87. The third kappa shape index (κ3) is 6.62. The molecule has 9 nitrogen and oxygen atoms in total. The molecule has 1 aromatic carbocycles. The van der Waals surface area contributed by atoms with Crippen LogP contribution in [0.2, 0.25) is 0 Å². The number of ether oxygens (including phenoxy) is 2. The van der Waals surface area contributed by atoms with Gasteiger partial charge in [0.15, 0.2) is 5.75 Å². The first-order valence-electron chi connectivity index (χ1n) is 11.8. The van der Waals surface area contributed by atoms with E-state index in [0.29, 0.717) is 43.1 Å². The van der Waals surface area contributed by atoms with E-state index in [9.17, 15) is 27.6 Å². The van der Waals surface area contributed by atoms with Crippen molar-refractivity contribution in [1.82, 2.24) is 14.9 Å². The molecule has 204 valence electrons. The molecule has 1 amide bonds. The molecule has 1 fully saturated rings. The molecule has 0 bridgehead atoms. The summed E-state index contributed by atoms with van der Waals surface area (Å²) in [6.45, 7) is 6.47. The van der Waals surface area contributed by atoms with E-state index < -0.39 is 24.0 Å². The van der Waals surface area contributed by atoms with Crippen molar-refractivity contribution in [3.63, 3.8) is 0 Å². The molecule has 1 unspecified atom stereocenters. The topological polar surface area (TPSA) is 94.8 Å². The highest BCUT2D eigenvalue weighted by Gasteiger charge is 2.34. The number of piperazine rings is 1. The molecule has 38 heavy (non-hydrogen) atoms. The number of amides is 1. The summed E-state index contributed by atoms with van der Waals surface area (Å²) < 4.78 is 62.2. The smallest absolute Gasteiger partial charge is 0.467 e. The van der Waals surface area contributed by atoms with Crippen LogP contribution >= 0.6 is 0 Å². The van der Waals surface area contributed by atoms with Crippen molar-refractivity contribution >= 4 is 17.4 Å². The minimum absolute atomic E-state index is 0.0107. The SMILES string of the molecule is C=CC(=O)N1CCN(c2nc(OC)nc(CN(C)c3cc(F)ccc3OC(F)(F)F)c2CC)CC1CC#N. The number of nitriles is 1. The highest BCUT2D eigenvalue weighted by atomic mass is 19.4. The van der Waals surface area contributed by atoms with Crippen molar-refractivity contribution in [3.05, 3.63) is 47.9 Å². The van der Waals surface area contributed by atoms with Gasteiger partial charge in [0.1, 0.15) is 11.6 Å². The van der Waals surface area contributed by atoms with Crippen LogP contribution in [0.3, 0.4) is 0 Å². The van der Waals surface area contributed by atoms with Crippen LogP contribution < -0.4 is 19.3 Å². The molecule has 1 aromatic heterocycles. The monoisotopic (exact) mass is 536 g/mol. The van der Waals surface area contributed by atoms with E-state index in [1.54, 1.807) is 4.90 Å². The van der Waals surface area contributed by atoms with Crippen molar-refractivity contribution in [3.8, 4) is 17.8 Å². The second-order valence-corrected chi connectivity index (χ2v) is 8.53. The quantitative estimate of drug-likeness (QED) is 0.353. The van der Waals surface area contributed by atoms with Gasteiger partial charge in [0, 0.05) is 38.3 Å². The molecular weight excluding hydrogens is 508 g/mol. The Hall–Kier alpha value is -4.08. The first-order chi connectivity index (χ1) is 18.0. The number of anilines is 2. The van der Waals surface area contributed by atoms with Gasteiger partial charge in [0.2, 0.25) is 5.91 Å². The lowest BCUT2D eigenvalue weighted by Crippen LogP contribution is -2.55. The Morgan fingerprint density at radius 1 is 1.34 bits per heavy atom. The number of alkyl halides is 3. The molecule has 0 saturated carbocycles. The third-order valence-electron chi connectivity index (χ3n) is 6.10. The highest BCUT2D eigenvalue weighted by Crippen LogP contribution is 2.35. The number of benzene rings is 1. The van der Waals surface area contributed by atoms with Crippen LogP contribution in [-0.4, -0.2) is 67.0 Å². The van der Waals surface area contributed by atoms with Crippen molar-refractivity contribution < 1.29 is 31.8 Å². The van der Waals surface area contributed by atoms with Crippen LogP contribution in [-0.2, 0) is 17.8 Å². The summed E-state index contributed by atoms with van der Waals surface area (Å²) in [7, 11) is 2.88. The zero-order valence-electron chi connectivity index (χ0n) is 21.3. The second-order valence-electron chi connectivity index (χ2n) is 8.53. The van der Waals surface area contributed by atoms with E-state index in [1.165, 1.54) is 25.1 Å². The number of nitrogens with zero attached hydrogens (tertiary/aromatic N) is 6. The number of methoxy groups -OCH3 is 1. The van der Waals surface area contributed by atoms with Crippen LogP contribution in [0.15, 0.2) is 30.9 Å². The molecule has 0 radical (unpaired) electrons. The summed E-state index contributed by atoms with van der Waals surface area (Å²) in [6, 6.07) is 4.50. The van der Waals surface area contributed by atoms with Gasteiger partial charge in [-0.25, -0.2) is 4.39 Å². The molecule has 2 aromatic rings. The Labute approximate surface area is 217 Å². The number of rotatable bonds is 9. The van der Waals surface area contributed by atoms with Crippen LogP contribution in [0, 0.1) is 17.1 Å². The molecule has 0 spiro atoms. The molecule has 1 atom stereocenters. The van der Waals surface area contributed by atoms with Gasteiger partial charge in [-0.2, -0.15) is 15.2 Å². The first-order valence-corrected chi connectivity index (χ1v) is 11.8. The third-order valence-corrected chi connectivity index (χ3v) is 6.10. The Balaban J connectivity index is 1.98. The molecule has 0 aliphatic carbocycles. The predicted molar refractivity (Wildman–Crippen MR) is 131 cm³/mol. The Morgan fingerprint density at radius 2 is 2.08 bits per heavy atom. The molecule has 2 heterocycles. The average Bonchev–Trinajstić information content (AvgIpc) is 2.88. The fourth-order valence-electron chi connectivity index (χ4n) is 4.39. The summed E-state index contributed by atoms with van der Waals surface area (Å²) in [4.78, 5) is 26.2. The van der Waals surface area contributed by atoms with E-state index in [4.69, 9.17) is 4.74 Å². The Kier molecular flexibility index (Phi) is 8.98. The maximum absolute atomic E-state index is 14.0. The number of halogens is 4. The zero-order valence-corrected chi connectivity index (χ0v) is 21.3. The van der Waals surface area contributed by atoms with Crippen molar-refractivity contribution in [2.24, 2.45) is 0 Å². The van der Waals surface area contributed by atoms with E-state index in [1.807, 2.05) is 11.8 Å². The molecule has 1 aliphatic heterocycles. The van der Waals surface area contributed by atoms with Crippen LogP contribution in [0.5, 0.6) is 11.8 Å². The van der Waals surface area contributed by atoms with E-state index in [-0.39, 0.29) is 30.6 Å². The van der Waals surface area contributed by atoms with Gasteiger partial charge in [-0.05, 0) is 24.6 Å². The van der Waals surface area contributed by atoms with Gasteiger partial charge >= 0.3 is 12.4 Å². The molecule has 13 heteroatoms. The van der Waals surface area contributed by atoms with Gasteiger partial charge in [-0.15, -0.1) is 13.2 Å². The predicted octanol–water partition coefficient (Wildman–Crippen LogP) is 3.84. The molecular formula is C25H28F4N6O3. The molecule has 0 N–H and O–H groups in total. The average molecular weight is 537 g/mol. The number of hydrogen-bond acceptors (Lipinski definition) is 8. The molecule has 1 saturated heterocycles. The Bertz CT molecular complexity index is 1220. The van der Waals surface area contributed by atoms with Crippen LogP contribution in [0.25, 0.3) is 0 Å². The minimum atomic E-state index is -4.96. The maximum Gasteiger partial charge on any atom is 0.573 e. The lowest BCUT2D eigenvalue weighted by atomic mass is 10.1. The van der Waals surface area contributed by atoms with Gasteiger partial charge in [-0.3, -0.25) is 4.79 Å². The standard InChI is InChI=1S/C25H28F4N6O3/c1-5-18-19(15-33(3)20-13-16(26)7-8-21(20)38-25(27,28)29)31-24(37-4)32-23(18)34-11-12-35(22(36)6-2)17(14-34)9-10-30/h6-8,13,17H,2,5,9,11-12,14-15H2,1,3-4H3. The van der Waals surface area contributed by atoms with E-state index in [0.717, 1.165) is 18.2 Å².